The number of fused-ring (bicyclic) bond motifs is 1. The second-order valence-electron chi connectivity index (χ2n) is 6.85. The number of aliphatic hydroxyl groups is 1. The SMILES string of the molecule is CC(CC(O)c1ccc(F)cc1)NC(=O)C1C2CCCCC21. The zero-order valence-electron chi connectivity index (χ0n) is 13.0. The first-order valence-corrected chi connectivity index (χ1v) is 8.30. The average Bonchev–Trinajstić information content (AvgIpc) is 3.22. The van der Waals surface area contributed by atoms with Gasteiger partial charge >= 0.3 is 0 Å². The van der Waals surface area contributed by atoms with E-state index >= 15 is 0 Å². The lowest BCUT2D eigenvalue weighted by Gasteiger charge is -2.18. The Bertz CT molecular complexity index is 518. The van der Waals surface area contributed by atoms with Crippen LogP contribution in [0.3, 0.4) is 0 Å². The number of hydrogen-bond donors (Lipinski definition) is 2. The van der Waals surface area contributed by atoms with Gasteiger partial charge in [-0.05, 0) is 55.7 Å². The predicted molar refractivity (Wildman–Crippen MR) is 82.5 cm³/mol. The van der Waals surface area contributed by atoms with Crippen molar-refractivity contribution in [2.75, 3.05) is 0 Å². The molecule has 120 valence electrons. The highest BCUT2D eigenvalue weighted by atomic mass is 19.1. The molecule has 0 spiro atoms. The number of nitrogens with one attached hydrogen (secondary N) is 1. The van der Waals surface area contributed by atoms with E-state index in [1.165, 1.54) is 37.8 Å². The van der Waals surface area contributed by atoms with E-state index in [2.05, 4.69) is 5.32 Å². The highest BCUT2D eigenvalue weighted by Crippen LogP contribution is 2.55. The molecule has 0 radical (unpaired) electrons. The molecular formula is C18H24FNO2. The molecule has 0 heterocycles. The van der Waals surface area contributed by atoms with E-state index < -0.39 is 6.10 Å². The molecule has 2 N–H and O–H groups in total. The quantitative estimate of drug-likeness (QED) is 0.877. The molecule has 0 aromatic heterocycles. The first kappa shape index (κ1) is 15.5. The van der Waals surface area contributed by atoms with Gasteiger partial charge < -0.3 is 10.4 Å². The molecule has 3 nitrogen and oxygen atoms in total. The molecule has 2 fully saturated rings. The van der Waals surface area contributed by atoms with Gasteiger partial charge in [0.25, 0.3) is 0 Å². The van der Waals surface area contributed by atoms with Gasteiger partial charge in [0.15, 0.2) is 0 Å². The van der Waals surface area contributed by atoms with Crippen LogP contribution in [0.1, 0.15) is 50.7 Å². The molecular weight excluding hydrogens is 281 g/mol. The van der Waals surface area contributed by atoms with E-state index in [0.29, 0.717) is 23.8 Å². The molecule has 1 amide bonds. The van der Waals surface area contributed by atoms with E-state index in [1.807, 2.05) is 6.92 Å². The van der Waals surface area contributed by atoms with E-state index in [1.54, 1.807) is 12.1 Å². The van der Waals surface area contributed by atoms with E-state index in [0.717, 1.165) is 0 Å². The van der Waals surface area contributed by atoms with Crippen molar-refractivity contribution < 1.29 is 14.3 Å². The summed E-state index contributed by atoms with van der Waals surface area (Å²) in [7, 11) is 0. The largest absolute Gasteiger partial charge is 0.388 e. The van der Waals surface area contributed by atoms with Crippen LogP contribution in [-0.2, 0) is 4.79 Å². The number of carbonyl (C=O) groups is 1. The Morgan fingerprint density at radius 3 is 2.45 bits per heavy atom. The standard InChI is InChI=1S/C18H24FNO2/c1-11(10-16(21)12-6-8-13(19)9-7-12)20-18(22)17-14-4-2-3-5-15(14)17/h6-9,11,14-17,21H,2-5,10H2,1H3,(H,20,22). The fourth-order valence-corrected chi connectivity index (χ4v) is 3.94. The number of aliphatic hydroxyl groups excluding tert-OH is 1. The minimum absolute atomic E-state index is 0.0878. The minimum atomic E-state index is -0.683. The van der Waals surface area contributed by atoms with Gasteiger partial charge in [-0.15, -0.1) is 0 Å². The van der Waals surface area contributed by atoms with Crippen LogP contribution in [0, 0.1) is 23.6 Å². The van der Waals surface area contributed by atoms with Crippen LogP contribution in [0.2, 0.25) is 0 Å². The summed E-state index contributed by atoms with van der Waals surface area (Å²) in [5, 5.41) is 13.2. The summed E-state index contributed by atoms with van der Waals surface area (Å²) in [6, 6.07) is 5.77. The maximum atomic E-state index is 12.9. The first-order chi connectivity index (χ1) is 10.6. The van der Waals surface area contributed by atoms with Crippen molar-refractivity contribution in [1.29, 1.82) is 0 Å². The Labute approximate surface area is 130 Å². The second-order valence-corrected chi connectivity index (χ2v) is 6.85. The Hall–Kier alpha value is -1.42. The molecule has 2 saturated carbocycles. The summed E-state index contributed by atoms with van der Waals surface area (Å²) in [4.78, 5) is 12.3. The molecule has 1 aromatic carbocycles. The van der Waals surface area contributed by atoms with Gasteiger partial charge in [-0.25, -0.2) is 4.39 Å². The number of hydrogen-bond acceptors (Lipinski definition) is 2. The van der Waals surface area contributed by atoms with Crippen LogP contribution in [-0.4, -0.2) is 17.1 Å². The molecule has 4 heteroatoms. The highest BCUT2D eigenvalue weighted by Gasteiger charge is 2.54. The van der Waals surface area contributed by atoms with E-state index in [9.17, 15) is 14.3 Å². The Kier molecular flexibility index (Phi) is 4.48. The van der Waals surface area contributed by atoms with Crippen molar-refractivity contribution in [2.24, 2.45) is 17.8 Å². The van der Waals surface area contributed by atoms with E-state index in [-0.39, 0.29) is 23.7 Å². The summed E-state index contributed by atoms with van der Waals surface area (Å²) in [6.07, 6.45) is 4.65. The van der Waals surface area contributed by atoms with E-state index in [4.69, 9.17) is 0 Å². The summed E-state index contributed by atoms with van der Waals surface area (Å²) in [5.74, 6) is 1.24. The molecule has 0 aliphatic heterocycles. The second kappa shape index (κ2) is 6.37. The summed E-state index contributed by atoms with van der Waals surface area (Å²) < 4.78 is 12.9. The Morgan fingerprint density at radius 1 is 1.27 bits per heavy atom. The lowest BCUT2D eigenvalue weighted by Crippen LogP contribution is -2.35. The molecule has 4 unspecified atom stereocenters. The number of carbonyl (C=O) groups excluding carboxylic acids is 1. The van der Waals surface area contributed by atoms with Crippen molar-refractivity contribution >= 4 is 5.91 Å². The van der Waals surface area contributed by atoms with Crippen LogP contribution in [0.25, 0.3) is 0 Å². The molecule has 1 aromatic rings. The average molecular weight is 305 g/mol. The number of amides is 1. The zero-order chi connectivity index (χ0) is 15.7. The zero-order valence-corrected chi connectivity index (χ0v) is 13.0. The smallest absolute Gasteiger partial charge is 0.223 e. The molecule has 22 heavy (non-hydrogen) atoms. The monoisotopic (exact) mass is 305 g/mol. The van der Waals surface area contributed by atoms with Gasteiger partial charge in [0.2, 0.25) is 5.91 Å². The predicted octanol–water partition coefficient (Wildman–Crippen LogP) is 3.19. The van der Waals surface area contributed by atoms with Gasteiger partial charge in [0, 0.05) is 12.0 Å². The van der Waals surface area contributed by atoms with Gasteiger partial charge in [-0.3, -0.25) is 4.79 Å². The maximum Gasteiger partial charge on any atom is 0.223 e. The highest BCUT2D eigenvalue weighted by molar-refractivity contribution is 5.82. The third kappa shape index (κ3) is 3.32. The molecule has 2 aliphatic rings. The van der Waals surface area contributed by atoms with Crippen LogP contribution >= 0.6 is 0 Å². The molecule has 2 aliphatic carbocycles. The fraction of sp³-hybridized carbons (Fsp3) is 0.611. The minimum Gasteiger partial charge on any atom is -0.388 e. The van der Waals surface area contributed by atoms with Crippen molar-refractivity contribution in [2.45, 2.75) is 51.2 Å². The van der Waals surface area contributed by atoms with Gasteiger partial charge in [-0.1, -0.05) is 25.0 Å². The van der Waals surface area contributed by atoms with Gasteiger partial charge in [0.1, 0.15) is 5.82 Å². The van der Waals surface area contributed by atoms with Crippen LogP contribution in [0.15, 0.2) is 24.3 Å². The summed E-state index contributed by atoms with van der Waals surface area (Å²) in [6.45, 7) is 1.91. The lowest BCUT2D eigenvalue weighted by molar-refractivity contribution is -0.123. The normalized spacial score (nSPS) is 29.3. The van der Waals surface area contributed by atoms with Crippen molar-refractivity contribution in [3.05, 3.63) is 35.6 Å². The van der Waals surface area contributed by atoms with Gasteiger partial charge in [0.05, 0.1) is 6.10 Å². The van der Waals surface area contributed by atoms with Gasteiger partial charge in [-0.2, -0.15) is 0 Å². The van der Waals surface area contributed by atoms with Crippen molar-refractivity contribution in [3.63, 3.8) is 0 Å². The molecule has 0 saturated heterocycles. The number of halogens is 1. The van der Waals surface area contributed by atoms with Crippen LogP contribution < -0.4 is 5.32 Å². The summed E-state index contributed by atoms with van der Waals surface area (Å²) >= 11 is 0. The molecule has 4 atom stereocenters. The van der Waals surface area contributed by atoms with Crippen LogP contribution in [0.5, 0.6) is 0 Å². The van der Waals surface area contributed by atoms with Crippen LogP contribution in [0.4, 0.5) is 4.39 Å². The lowest BCUT2D eigenvalue weighted by atomic mass is 10.0. The molecule has 0 bridgehead atoms. The fourth-order valence-electron chi connectivity index (χ4n) is 3.94. The Balaban J connectivity index is 1.48. The molecule has 3 rings (SSSR count). The van der Waals surface area contributed by atoms with Crippen molar-refractivity contribution in [3.8, 4) is 0 Å². The third-order valence-electron chi connectivity index (χ3n) is 5.18. The maximum absolute atomic E-state index is 12.9. The number of rotatable bonds is 5. The first-order valence-electron chi connectivity index (χ1n) is 8.30. The van der Waals surface area contributed by atoms with Crippen molar-refractivity contribution in [1.82, 2.24) is 5.32 Å². The third-order valence-corrected chi connectivity index (χ3v) is 5.18. The summed E-state index contributed by atoms with van der Waals surface area (Å²) in [5.41, 5.74) is 0.683. The number of benzene rings is 1. The topological polar surface area (TPSA) is 49.3 Å². The Morgan fingerprint density at radius 2 is 1.86 bits per heavy atom.